The van der Waals surface area contributed by atoms with Crippen LogP contribution in [0.3, 0.4) is 0 Å². The van der Waals surface area contributed by atoms with Gasteiger partial charge in [-0.15, -0.1) is 0 Å². The van der Waals surface area contributed by atoms with Crippen molar-refractivity contribution in [3.63, 3.8) is 0 Å². The van der Waals surface area contributed by atoms with Gasteiger partial charge >= 0.3 is 0 Å². The van der Waals surface area contributed by atoms with Crippen molar-refractivity contribution in [3.05, 3.63) is 248 Å². The average molecular weight is 880 g/mol. The van der Waals surface area contributed by atoms with E-state index < -0.39 is 0 Å². The molecule has 0 saturated carbocycles. The fourth-order valence-corrected chi connectivity index (χ4v) is 10.9. The third kappa shape index (κ3) is 6.36. The van der Waals surface area contributed by atoms with Crippen LogP contribution in [-0.4, -0.2) is 24.1 Å². The molecule has 3 aromatic heterocycles. The minimum absolute atomic E-state index is 0.577. The predicted octanol–water partition coefficient (Wildman–Crippen LogP) is 16.0. The molecule has 0 saturated heterocycles. The maximum atomic E-state index is 5.24. The van der Waals surface area contributed by atoms with Crippen LogP contribution in [0.5, 0.6) is 0 Å². The first-order valence-corrected chi connectivity index (χ1v) is 23.6. The molecule has 5 heteroatoms. The molecule has 322 valence electrons. The van der Waals surface area contributed by atoms with E-state index in [-0.39, 0.29) is 0 Å². The maximum Gasteiger partial charge on any atom is 0.238 e. The number of fused-ring (bicyclic) bond motifs is 10. The Hall–Kier alpha value is -9.19. The Balaban J connectivity index is 1.000. The molecular formula is C64H41N5. The molecule has 69 heavy (non-hydrogen) atoms. The molecule has 0 N–H and O–H groups in total. The molecule has 0 bridgehead atoms. The van der Waals surface area contributed by atoms with Gasteiger partial charge in [-0.25, -0.2) is 4.98 Å². The van der Waals surface area contributed by atoms with E-state index in [2.05, 4.69) is 209 Å². The Morgan fingerprint density at radius 1 is 0.304 bits per heavy atom. The summed E-state index contributed by atoms with van der Waals surface area (Å²) in [6.07, 6.45) is 0.877. The monoisotopic (exact) mass is 879 g/mol. The summed E-state index contributed by atoms with van der Waals surface area (Å²) in [7, 11) is 0. The van der Waals surface area contributed by atoms with Crippen LogP contribution in [0.25, 0.3) is 123 Å². The van der Waals surface area contributed by atoms with Gasteiger partial charge in [0.05, 0.1) is 22.1 Å². The van der Waals surface area contributed by atoms with Crippen LogP contribution in [0.15, 0.2) is 237 Å². The van der Waals surface area contributed by atoms with Gasteiger partial charge in [-0.05, 0) is 111 Å². The lowest BCUT2D eigenvalue weighted by Crippen LogP contribution is -2.06. The highest BCUT2D eigenvalue weighted by Gasteiger charge is 2.27. The van der Waals surface area contributed by atoms with E-state index in [1.807, 2.05) is 36.4 Å². The van der Waals surface area contributed by atoms with Gasteiger partial charge in [-0.1, -0.05) is 188 Å². The predicted molar refractivity (Wildman–Crippen MR) is 284 cm³/mol. The first kappa shape index (κ1) is 39.0. The smallest absolute Gasteiger partial charge is 0.238 e. The molecule has 0 aliphatic heterocycles. The second-order valence-electron chi connectivity index (χ2n) is 18.0. The molecular weight excluding hydrogens is 839 g/mol. The topological polar surface area (TPSA) is 48.5 Å². The van der Waals surface area contributed by atoms with E-state index >= 15 is 0 Å². The van der Waals surface area contributed by atoms with Gasteiger partial charge in [0.2, 0.25) is 5.95 Å². The molecule has 3 heterocycles. The highest BCUT2D eigenvalue weighted by molar-refractivity contribution is 6.29. The van der Waals surface area contributed by atoms with Crippen LogP contribution in [-0.2, 0) is 6.42 Å². The Morgan fingerprint density at radius 3 is 1.41 bits per heavy atom. The van der Waals surface area contributed by atoms with Crippen molar-refractivity contribution in [1.82, 2.24) is 24.1 Å². The minimum atomic E-state index is 0.577. The zero-order chi connectivity index (χ0) is 45.4. The molecule has 0 unspecified atom stereocenters. The number of nitrogens with zero attached hydrogens (tertiary/aromatic N) is 5. The highest BCUT2D eigenvalue weighted by Crippen LogP contribution is 2.47. The third-order valence-corrected chi connectivity index (χ3v) is 14.0. The fraction of sp³-hybridized carbons (Fsp3) is 0.0156. The Labute approximate surface area is 398 Å². The molecule has 13 aromatic rings. The van der Waals surface area contributed by atoms with Crippen LogP contribution >= 0.6 is 0 Å². The number of para-hydroxylation sites is 2. The molecule has 1 aliphatic rings. The zero-order valence-electron chi connectivity index (χ0n) is 37.5. The summed E-state index contributed by atoms with van der Waals surface area (Å²) in [5, 5.41) is 4.69. The number of hydrogen-bond donors (Lipinski definition) is 0. The van der Waals surface area contributed by atoms with E-state index in [9.17, 15) is 0 Å². The van der Waals surface area contributed by atoms with Crippen LogP contribution in [0.1, 0.15) is 11.1 Å². The Kier molecular flexibility index (Phi) is 8.89. The number of hydrogen-bond acceptors (Lipinski definition) is 3. The molecule has 1 aliphatic carbocycles. The van der Waals surface area contributed by atoms with Gasteiger partial charge in [-0.2, -0.15) is 9.97 Å². The summed E-state index contributed by atoms with van der Waals surface area (Å²) in [4.78, 5) is 15.5. The summed E-state index contributed by atoms with van der Waals surface area (Å²) in [6, 6.07) is 84.9. The number of rotatable bonds is 7. The van der Waals surface area contributed by atoms with Crippen LogP contribution in [0, 0.1) is 0 Å². The molecule has 0 atom stereocenters. The van der Waals surface area contributed by atoms with Gasteiger partial charge in [-0.3, -0.25) is 4.57 Å². The summed E-state index contributed by atoms with van der Waals surface area (Å²) in [5.41, 5.74) is 20.0. The summed E-state index contributed by atoms with van der Waals surface area (Å²) < 4.78 is 4.71. The average Bonchev–Trinajstić information content (AvgIpc) is 4.09. The standard InChI is InChI=1S/C64H41N5/c1-5-18-41(19-6-1)45-26-17-27-46(36-45)47-32-33-48-38-54-53(42-20-7-2-8-21-42)39-49(40-55(54)52(48)37-47)68-56-30-15-13-28-50(56)60-58(68)34-35-59-61(60)51-29-14-16-31-57(51)69(59)64-66-62(43-22-9-3-10-23-43)65-63(67-64)44-24-11-4-12-25-44/h1-37,39-40H,38H2. The van der Waals surface area contributed by atoms with Gasteiger partial charge in [0.15, 0.2) is 11.6 Å². The van der Waals surface area contributed by atoms with Gasteiger partial charge in [0.1, 0.15) is 0 Å². The lowest BCUT2D eigenvalue weighted by atomic mass is 9.93. The molecule has 14 rings (SSSR count). The summed E-state index contributed by atoms with van der Waals surface area (Å²) in [6.45, 7) is 0. The largest absolute Gasteiger partial charge is 0.309 e. The second-order valence-corrected chi connectivity index (χ2v) is 18.0. The molecule has 0 radical (unpaired) electrons. The van der Waals surface area contributed by atoms with Crippen LogP contribution in [0.4, 0.5) is 0 Å². The second kappa shape index (κ2) is 15.7. The van der Waals surface area contributed by atoms with Gasteiger partial charge in [0.25, 0.3) is 0 Å². The molecule has 0 amide bonds. The van der Waals surface area contributed by atoms with Crippen molar-refractivity contribution in [2.45, 2.75) is 6.42 Å². The van der Waals surface area contributed by atoms with Crippen molar-refractivity contribution in [3.8, 4) is 78.9 Å². The summed E-state index contributed by atoms with van der Waals surface area (Å²) >= 11 is 0. The first-order chi connectivity index (χ1) is 34.2. The van der Waals surface area contributed by atoms with Crippen molar-refractivity contribution in [1.29, 1.82) is 0 Å². The fourth-order valence-electron chi connectivity index (χ4n) is 10.9. The highest BCUT2D eigenvalue weighted by atomic mass is 15.2. The van der Waals surface area contributed by atoms with Crippen molar-refractivity contribution < 1.29 is 0 Å². The summed E-state index contributed by atoms with van der Waals surface area (Å²) in [5.74, 6) is 1.83. The van der Waals surface area contributed by atoms with E-state index in [1.165, 1.54) is 66.4 Å². The van der Waals surface area contributed by atoms with Crippen molar-refractivity contribution in [2.24, 2.45) is 0 Å². The minimum Gasteiger partial charge on any atom is -0.309 e. The lowest BCUT2D eigenvalue weighted by molar-refractivity contribution is 0.953. The van der Waals surface area contributed by atoms with E-state index in [0.29, 0.717) is 17.6 Å². The third-order valence-electron chi connectivity index (χ3n) is 14.0. The van der Waals surface area contributed by atoms with Crippen molar-refractivity contribution >= 4 is 43.6 Å². The molecule has 0 fully saturated rings. The number of benzene rings is 10. The van der Waals surface area contributed by atoms with E-state index in [4.69, 9.17) is 15.0 Å². The molecule has 5 nitrogen and oxygen atoms in total. The molecule has 10 aromatic carbocycles. The van der Waals surface area contributed by atoms with Gasteiger partial charge < -0.3 is 4.57 Å². The Bertz CT molecular complexity index is 4080. The van der Waals surface area contributed by atoms with Crippen molar-refractivity contribution in [2.75, 3.05) is 0 Å². The van der Waals surface area contributed by atoms with E-state index in [1.54, 1.807) is 0 Å². The number of aromatic nitrogens is 5. The molecule has 0 spiro atoms. The Morgan fingerprint density at radius 2 is 0.783 bits per heavy atom. The van der Waals surface area contributed by atoms with E-state index in [0.717, 1.165) is 56.1 Å². The first-order valence-electron chi connectivity index (χ1n) is 23.6. The van der Waals surface area contributed by atoms with Crippen LogP contribution < -0.4 is 0 Å². The lowest BCUT2D eigenvalue weighted by Gasteiger charge is -2.16. The maximum absolute atomic E-state index is 5.24. The zero-order valence-corrected chi connectivity index (χ0v) is 37.5. The van der Waals surface area contributed by atoms with Gasteiger partial charge in [0, 0.05) is 38.4 Å². The SMILES string of the molecule is c1ccc(-c2cccc(-c3ccc4c(c3)-c3cc(-n5c6ccccc6c6c7c8ccccc8n(-c8nc(-c9ccccc9)nc(-c9ccccc9)n8)c7ccc65)cc(-c5ccccc5)c3C4)c2)cc1. The van der Waals surface area contributed by atoms with Crippen LogP contribution in [0.2, 0.25) is 0 Å². The normalized spacial score (nSPS) is 12.0. The quantitative estimate of drug-likeness (QED) is 0.160.